The summed E-state index contributed by atoms with van der Waals surface area (Å²) in [5, 5.41) is 2.87. The fraction of sp³-hybridized carbons (Fsp3) is 0.409. The summed E-state index contributed by atoms with van der Waals surface area (Å²) in [4.78, 5) is 12.0. The molecule has 0 aliphatic rings. The zero-order valence-electron chi connectivity index (χ0n) is 15.7. The summed E-state index contributed by atoms with van der Waals surface area (Å²) in [6.07, 6.45) is 2.22. The van der Waals surface area contributed by atoms with Gasteiger partial charge in [0.2, 0.25) is 0 Å². The SMILES string of the molecule is CC[C@@H](C)c1ccc(NC(=O)COc2ccc([C@H](C)CC)cc2)cc1. The minimum Gasteiger partial charge on any atom is -0.484 e. The van der Waals surface area contributed by atoms with Gasteiger partial charge in [0.05, 0.1) is 0 Å². The predicted molar refractivity (Wildman–Crippen MR) is 104 cm³/mol. The van der Waals surface area contributed by atoms with Crippen molar-refractivity contribution in [2.75, 3.05) is 11.9 Å². The minimum atomic E-state index is -0.151. The van der Waals surface area contributed by atoms with E-state index in [-0.39, 0.29) is 12.5 Å². The number of amides is 1. The van der Waals surface area contributed by atoms with E-state index in [0.717, 1.165) is 18.5 Å². The van der Waals surface area contributed by atoms with Crippen LogP contribution in [0.25, 0.3) is 0 Å². The summed E-state index contributed by atoms with van der Waals surface area (Å²) in [5.74, 6) is 1.64. The molecule has 0 aliphatic heterocycles. The highest BCUT2D eigenvalue weighted by Gasteiger charge is 2.07. The van der Waals surface area contributed by atoms with E-state index in [1.54, 1.807) is 0 Å². The molecular formula is C22H29NO2. The summed E-state index contributed by atoms with van der Waals surface area (Å²) < 4.78 is 5.58. The van der Waals surface area contributed by atoms with E-state index >= 15 is 0 Å². The molecule has 1 amide bonds. The number of hydrogen-bond donors (Lipinski definition) is 1. The van der Waals surface area contributed by atoms with Gasteiger partial charge < -0.3 is 10.1 Å². The molecule has 2 aromatic carbocycles. The summed E-state index contributed by atoms with van der Waals surface area (Å²) in [7, 11) is 0. The Bertz CT molecular complexity index is 661. The first-order valence-corrected chi connectivity index (χ1v) is 9.16. The maximum atomic E-state index is 12.0. The standard InChI is InChI=1S/C22H29NO2/c1-5-16(3)18-7-11-20(12-8-18)23-22(24)15-25-21-13-9-19(10-14-21)17(4)6-2/h7-14,16-17H,5-6,15H2,1-4H3,(H,23,24)/t16-,17-/m1/s1. The number of carbonyl (C=O) groups excluding carboxylic acids is 1. The zero-order valence-corrected chi connectivity index (χ0v) is 15.7. The van der Waals surface area contributed by atoms with Gasteiger partial charge in [0.25, 0.3) is 5.91 Å². The average molecular weight is 339 g/mol. The number of ether oxygens (including phenoxy) is 1. The summed E-state index contributed by atoms with van der Waals surface area (Å²) in [5.41, 5.74) is 3.38. The van der Waals surface area contributed by atoms with Crippen LogP contribution in [0.2, 0.25) is 0 Å². The van der Waals surface area contributed by atoms with Gasteiger partial charge in [-0.2, -0.15) is 0 Å². The van der Waals surface area contributed by atoms with E-state index in [9.17, 15) is 4.79 Å². The quantitative estimate of drug-likeness (QED) is 0.667. The molecule has 1 N–H and O–H groups in total. The number of hydrogen-bond acceptors (Lipinski definition) is 2. The second-order valence-electron chi connectivity index (χ2n) is 6.65. The number of rotatable bonds is 8. The first-order chi connectivity index (χ1) is 12.0. The third-order valence-electron chi connectivity index (χ3n) is 4.81. The molecule has 2 atom stereocenters. The van der Waals surface area contributed by atoms with Crippen LogP contribution < -0.4 is 10.1 Å². The molecule has 0 saturated heterocycles. The second-order valence-corrected chi connectivity index (χ2v) is 6.65. The lowest BCUT2D eigenvalue weighted by molar-refractivity contribution is -0.118. The Labute approximate surface area is 151 Å². The lowest BCUT2D eigenvalue weighted by atomic mass is 9.99. The molecule has 3 heteroatoms. The average Bonchev–Trinajstić information content (AvgIpc) is 2.66. The van der Waals surface area contributed by atoms with Crippen molar-refractivity contribution in [3.05, 3.63) is 59.7 Å². The Kier molecular flexibility index (Phi) is 7.05. The molecule has 0 heterocycles. The van der Waals surface area contributed by atoms with Gasteiger partial charge in [0, 0.05) is 5.69 Å². The Morgan fingerprint density at radius 1 is 0.880 bits per heavy atom. The van der Waals surface area contributed by atoms with Gasteiger partial charge in [0.1, 0.15) is 5.75 Å². The van der Waals surface area contributed by atoms with Crippen LogP contribution in [0.1, 0.15) is 63.5 Å². The second kappa shape index (κ2) is 9.26. The van der Waals surface area contributed by atoms with Gasteiger partial charge in [0.15, 0.2) is 6.61 Å². The molecule has 2 aromatic rings. The van der Waals surface area contributed by atoms with Crippen molar-refractivity contribution in [2.24, 2.45) is 0 Å². The van der Waals surface area contributed by atoms with Gasteiger partial charge >= 0.3 is 0 Å². The molecule has 0 spiro atoms. The molecule has 134 valence electrons. The van der Waals surface area contributed by atoms with Crippen molar-refractivity contribution >= 4 is 11.6 Å². The molecule has 3 nitrogen and oxygen atoms in total. The molecule has 0 aromatic heterocycles. The first-order valence-electron chi connectivity index (χ1n) is 9.16. The Hall–Kier alpha value is -2.29. The summed E-state index contributed by atoms with van der Waals surface area (Å²) in [6.45, 7) is 8.77. The predicted octanol–water partition coefficient (Wildman–Crippen LogP) is 5.73. The van der Waals surface area contributed by atoms with E-state index in [2.05, 4.69) is 57.3 Å². The van der Waals surface area contributed by atoms with Crippen molar-refractivity contribution in [2.45, 2.75) is 52.4 Å². The van der Waals surface area contributed by atoms with E-state index < -0.39 is 0 Å². The topological polar surface area (TPSA) is 38.3 Å². The van der Waals surface area contributed by atoms with Crippen LogP contribution in [-0.2, 0) is 4.79 Å². The third-order valence-corrected chi connectivity index (χ3v) is 4.81. The van der Waals surface area contributed by atoms with Crippen molar-refractivity contribution in [3.8, 4) is 5.75 Å². The van der Waals surface area contributed by atoms with Gasteiger partial charge in [-0.05, 0) is 60.1 Å². The normalized spacial score (nSPS) is 13.1. The number of nitrogens with one attached hydrogen (secondary N) is 1. The highest BCUT2D eigenvalue weighted by Crippen LogP contribution is 2.22. The van der Waals surface area contributed by atoms with Crippen LogP contribution in [0.5, 0.6) is 5.75 Å². The molecule has 0 saturated carbocycles. The highest BCUT2D eigenvalue weighted by molar-refractivity contribution is 5.91. The molecule has 2 rings (SSSR count). The van der Waals surface area contributed by atoms with Crippen LogP contribution in [0.15, 0.2) is 48.5 Å². The van der Waals surface area contributed by atoms with Crippen molar-refractivity contribution in [1.82, 2.24) is 0 Å². The van der Waals surface area contributed by atoms with E-state index in [1.165, 1.54) is 11.1 Å². The van der Waals surface area contributed by atoms with Crippen LogP contribution in [0, 0.1) is 0 Å². The molecule has 0 aliphatic carbocycles. The monoisotopic (exact) mass is 339 g/mol. The largest absolute Gasteiger partial charge is 0.484 e. The Morgan fingerprint density at radius 3 is 1.84 bits per heavy atom. The molecule has 25 heavy (non-hydrogen) atoms. The molecule has 0 radical (unpaired) electrons. The van der Waals surface area contributed by atoms with Crippen LogP contribution in [-0.4, -0.2) is 12.5 Å². The lowest BCUT2D eigenvalue weighted by Gasteiger charge is -2.12. The third kappa shape index (κ3) is 5.63. The first kappa shape index (κ1) is 19.0. The van der Waals surface area contributed by atoms with Crippen LogP contribution >= 0.6 is 0 Å². The van der Waals surface area contributed by atoms with Gasteiger partial charge in [-0.15, -0.1) is 0 Å². The van der Waals surface area contributed by atoms with Crippen LogP contribution in [0.3, 0.4) is 0 Å². The summed E-state index contributed by atoms with van der Waals surface area (Å²) in [6, 6.07) is 16.0. The number of benzene rings is 2. The summed E-state index contributed by atoms with van der Waals surface area (Å²) >= 11 is 0. The zero-order chi connectivity index (χ0) is 18.2. The number of carbonyl (C=O) groups is 1. The highest BCUT2D eigenvalue weighted by atomic mass is 16.5. The van der Waals surface area contributed by atoms with Crippen molar-refractivity contribution < 1.29 is 9.53 Å². The number of anilines is 1. The van der Waals surface area contributed by atoms with Crippen molar-refractivity contribution in [1.29, 1.82) is 0 Å². The van der Waals surface area contributed by atoms with Gasteiger partial charge in [-0.25, -0.2) is 0 Å². The van der Waals surface area contributed by atoms with Crippen LogP contribution in [0.4, 0.5) is 5.69 Å². The molecular weight excluding hydrogens is 310 g/mol. The van der Waals surface area contributed by atoms with E-state index in [4.69, 9.17) is 4.74 Å². The molecule has 0 bridgehead atoms. The maximum Gasteiger partial charge on any atom is 0.262 e. The van der Waals surface area contributed by atoms with Gasteiger partial charge in [-0.1, -0.05) is 52.0 Å². The van der Waals surface area contributed by atoms with E-state index in [0.29, 0.717) is 17.6 Å². The minimum absolute atomic E-state index is 0.00971. The fourth-order valence-corrected chi connectivity index (χ4v) is 2.60. The molecule has 0 fully saturated rings. The smallest absolute Gasteiger partial charge is 0.262 e. The van der Waals surface area contributed by atoms with Crippen molar-refractivity contribution in [3.63, 3.8) is 0 Å². The fourth-order valence-electron chi connectivity index (χ4n) is 2.60. The molecule has 0 unspecified atom stereocenters. The maximum absolute atomic E-state index is 12.0. The Balaban J connectivity index is 1.84. The van der Waals surface area contributed by atoms with Gasteiger partial charge in [-0.3, -0.25) is 4.79 Å². The lowest BCUT2D eigenvalue weighted by Crippen LogP contribution is -2.20. The van der Waals surface area contributed by atoms with E-state index in [1.807, 2.05) is 24.3 Å². The Morgan fingerprint density at radius 2 is 1.36 bits per heavy atom.